The fraction of sp³-hybridized carbons (Fsp3) is 0.500. The summed E-state index contributed by atoms with van der Waals surface area (Å²) in [4.78, 5) is 17.8. The highest BCUT2D eigenvalue weighted by atomic mass is 16.5. The number of nitrogens with zero attached hydrogens (tertiary/aromatic N) is 5. The molecule has 1 fully saturated rings. The molecular weight excluding hydrogens is 316 g/mol. The molecule has 1 saturated heterocycles. The number of morpholine rings is 1. The second-order valence-electron chi connectivity index (χ2n) is 6.45. The van der Waals surface area contributed by atoms with E-state index in [-0.39, 0.29) is 6.10 Å². The summed E-state index contributed by atoms with van der Waals surface area (Å²) in [6, 6.07) is 6.11. The summed E-state index contributed by atoms with van der Waals surface area (Å²) in [6.45, 7) is 5.17. The molecule has 0 amide bonds. The van der Waals surface area contributed by atoms with Gasteiger partial charge in [-0.05, 0) is 13.0 Å². The molecule has 2 aromatic rings. The van der Waals surface area contributed by atoms with E-state index in [4.69, 9.17) is 4.74 Å². The molecule has 0 spiro atoms. The third kappa shape index (κ3) is 4.24. The molecule has 7 heteroatoms. The van der Waals surface area contributed by atoms with Gasteiger partial charge in [-0.1, -0.05) is 6.07 Å². The second-order valence-corrected chi connectivity index (χ2v) is 6.45. The molecule has 0 aromatic carbocycles. The standard InChI is InChI=1S/C18H26N6O/c1-13-21-15(10-17(22-13)23(3)4)16-12-24(8-9-25-16)11-14-6-5-7-20-18(14)19-2/h5-7,10,16H,8-9,11-12H2,1-4H3,(H,19,20)/t16-/m1/s1. The number of pyridine rings is 1. The maximum atomic E-state index is 6.00. The largest absolute Gasteiger partial charge is 0.373 e. The minimum atomic E-state index is -0.0381. The zero-order valence-corrected chi connectivity index (χ0v) is 15.4. The number of ether oxygens (including phenoxy) is 1. The van der Waals surface area contributed by atoms with Crippen molar-refractivity contribution in [1.29, 1.82) is 0 Å². The fourth-order valence-corrected chi connectivity index (χ4v) is 3.03. The summed E-state index contributed by atoms with van der Waals surface area (Å²) >= 11 is 0. The van der Waals surface area contributed by atoms with Crippen molar-refractivity contribution in [3.05, 3.63) is 41.5 Å². The Morgan fingerprint density at radius 1 is 1.36 bits per heavy atom. The predicted octanol–water partition coefficient (Wildman–Crippen LogP) is 1.86. The number of aromatic nitrogens is 3. The van der Waals surface area contributed by atoms with Crippen LogP contribution in [-0.2, 0) is 11.3 Å². The minimum absolute atomic E-state index is 0.0381. The van der Waals surface area contributed by atoms with Gasteiger partial charge in [0.05, 0.1) is 12.3 Å². The van der Waals surface area contributed by atoms with E-state index in [9.17, 15) is 0 Å². The Balaban J connectivity index is 1.75. The summed E-state index contributed by atoms with van der Waals surface area (Å²) in [5.41, 5.74) is 2.14. The Labute approximate surface area is 149 Å². The number of anilines is 2. The normalized spacial score (nSPS) is 18.2. The molecular formula is C18H26N6O. The number of hydrogen-bond acceptors (Lipinski definition) is 7. The average Bonchev–Trinajstić information content (AvgIpc) is 2.62. The predicted molar refractivity (Wildman–Crippen MR) is 98.8 cm³/mol. The Bertz CT molecular complexity index is 720. The van der Waals surface area contributed by atoms with Crippen molar-refractivity contribution in [3.8, 4) is 0 Å². The zero-order chi connectivity index (χ0) is 17.8. The third-order valence-electron chi connectivity index (χ3n) is 4.30. The van der Waals surface area contributed by atoms with Crippen LogP contribution in [0.4, 0.5) is 11.6 Å². The van der Waals surface area contributed by atoms with Gasteiger partial charge in [0.1, 0.15) is 23.6 Å². The molecule has 3 rings (SSSR count). The SMILES string of the molecule is CNc1ncccc1CN1CCO[C@@H](c2cc(N(C)C)nc(C)n2)C1. The van der Waals surface area contributed by atoms with Crippen molar-refractivity contribution >= 4 is 11.6 Å². The number of nitrogens with one attached hydrogen (secondary N) is 1. The van der Waals surface area contributed by atoms with Gasteiger partial charge < -0.3 is 15.0 Å². The molecule has 0 unspecified atom stereocenters. The maximum absolute atomic E-state index is 6.00. The fourth-order valence-electron chi connectivity index (χ4n) is 3.03. The Kier molecular flexibility index (Phi) is 5.45. The Morgan fingerprint density at radius 3 is 2.96 bits per heavy atom. The van der Waals surface area contributed by atoms with Crippen molar-refractivity contribution < 1.29 is 4.74 Å². The van der Waals surface area contributed by atoms with E-state index in [0.717, 1.165) is 42.8 Å². The van der Waals surface area contributed by atoms with E-state index in [1.165, 1.54) is 5.56 Å². The highest BCUT2D eigenvalue weighted by Crippen LogP contribution is 2.25. The summed E-state index contributed by atoms with van der Waals surface area (Å²) < 4.78 is 6.00. The van der Waals surface area contributed by atoms with Gasteiger partial charge in [-0.2, -0.15) is 0 Å². The highest BCUT2D eigenvalue weighted by Gasteiger charge is 2.24. The lowest BCUT2D eigenvalue weighted by Gasteiger charge is -2.33. The van der Waals surface area contributed by atoms with Crippen molar-refractivity contribution in [3.63, 3.8) is 0 Å². The first-order chi connectivity index (χ1) is 12.1. The van der Waals surface area contributed by atoms with Crippen LogP contribution in [0, 0.1) is 6.92 Å². The monoisotopic (exact) mass is 342 g/mol. The molecule has 1 atom stereocenters. The molecule has 3 heterocycles. The number of rotatable bonds is 5. The molecule has 0 saturated carbocycles. The first-order valence-corrected chi connectivity index (χ1v) is 8.55. The highest BCUT2D eigenvalue weighted by molar-refractivity contribution is 5.43. The van der Waals surface area contributed by atoms with Crippen LogP contribution in [0.2, 0.25) is 0 Å². The molecule has 1 aliphatic rings. The molecule has 1 N–H and O–H groups in total. The molecule has 25 heavy (non-hydrogen) atoms. The van der Waals surface area contributed by atoms with Gasteiger partial charge in [-0.15, -0.1) is 0 Å². The lowest BCUT2D eigenvalue weighted by molar-refractivity contribution is -0.0350. The molecule has 0 radical (unpaired) electrons. The smallest absolute Gasteiger partial charge is 0.132 e. The van der Waals surface area contributed by atoms with Crippen LogP contribution in [0.1, 0.15) is 23.2 Å². The van der Waals surface area contributed by atoms with Crippen molar-refractivity contribution in [1.82, 2.24) is 19.9 Å². The minimum Gasteiger partial charge on any atom is -0.373 e. The van der Waals surface area contributed by atoms with Crippen LogP contribution < -0.4 is 10.2 Å². The zero-order valence-electron chi connectivity index (χ0n) is 15.4. The van der Waals surface area contributed by atoms with Gasteiger partial charge in [0.2, 0.25) is 0 Å². The first-order valence-electron chi connectivity index (χ1n) is 8.55. The molecule has 1 aliphatic heterocycles. The van der Waals surface area contributed by atoms with Gasteiger partial charge in [0, 0.05) is 58.6 Å². The van der Waals surface area contributed by atoms with Crippen LogP contribution in [-0.4, -0.2) is 60.7 Å². The lowest BCUT2D eigenvalue weighted by atomic mass is 10.1. The summed E-state index contributed by atoms with van der Waals surface area (Å²) in [5, 5.41) is 3.16. The van der Waals surface area contributed by atoms with Crippen molar-refractivity contribution in [2.24, 2.45) is 0 Å². The van der Waals surface area contributed by atoms with Crippen LogP contribution >= 0.6 is 0 Å². The van der Waals surface area contributed by atoms with Crippen LogP contribution in [0.25, 0.3) is 0 Å². The van der Waals surface area contributed by atoms with E-state index in [2.05, 4.69) is 31.2 Å². The van der Waals surface area contributed by atoms with E-state index >= 15 is 0 Å². The van der Waals surface area contributed by atoms with E-state index < -0.39 is 0 Å². The van der Waals surface area contributed by atoms with E-state index in [1.54, 1.807) is 0 Å². The van der Waals surface area contributed by atoms with Gasteiger partial charge in [0.25, 0.3) is 0 Å². The number of hydrogen-bond donors (Lipinski definition) is 1. The molecule has 0 aliphatic carbocycles. The Hall–Kier alpha value is -2.25. The van der Waals surface area contributed by atoms with Crippen LogP contribution in [0.3, 0.4) is 0 Å². The van der Waals surface area contributed by atoms with Gasteiger partial charge >= 0.3 is 0 Å². The first kappa shape index (κ1) is 17.6. The van der Waals surface area contributed by atoms with Gasteiger partial charge in [-0.25, -0.2) is 15.0 Å². The summed E-state index contributed by atoms with van der Waals surface area (Å²) in [5.74, 6) is 2.61. The third-order valence-corrected chi connectivity index (χ3v) is 4.30. The topological polar surface area (TPSA) is 66.4 Å². The van der Waals surface area contributed by atoms with Gasteiger partial charge in [0.15, 0.2) is 0 Å². The molecule has 7 nitrogen and oxygen atoms in total. The number of aryl methyl sites for hydroxylation is 1. The van der Waals surface area contributed by atoms with Crippen molar-refractivity contribution in [2.75, 3.05) is 51.1 Å². The van der Waals surface area contributed by atoms with E-state index in [0.29, 0.717) is 6.61 Å². The molecule has 134 valence electrons. The Morgan fingerprint density at radius 2 is 2.20 bits per heavy atom. The lowest BCUT2D eigenvalue weighted by Crippen LogP contribution is -2.38. The van der Waals surface area contributed by atoms with Gasteiger partial charge in [-0.3, -0.25) is 4.90 Å². The molecule has 0 bridgehead atoms. The average molecular weight is 342 g/mol. The quantitative estimate of drug-likeness (QED) is 0.889. The maximum Gasteiger partial charge on any atom is 0.132 e. The second kappa shape index (κ2) is 7.76. The van der Waals surface area contributed by atoms with Crippen molar-refractivity contribution in [2.45, 2.75) is 19.6 Å². The summed E-state index contributed by atoms with van der Waals surface area (Å²) in [6.07, 6.45) is 1.77. The van der Waals surface area contributed by atoms with Crippen LogP contribution in [0.15, 0.2) is 24.4 Å². The van der Waals surface area contributed by atoms with E-state index in [1.807, 2.05) is 51.3 Å². The van der Waals surface area contributed by atoms with Crippen LogP contribution in [0.5, 0.6) is 0 Å². The summed E-state index contributed by atoms with van der Waals surface area (Å²) in [7, 11) is 5.88. The molecule has 2 aromatic heterocycles.